The van der Waals surface area contributed by atoms with Crippen molar-refractivity contribution in [2.75, 3.05) is 31.1 Å². The van der Waals surface area contributed by atoms with E-state index in [-0.39, 0.29) is 65.7 Å². The van der Waals surface area contributed by atoms with E-state index in [0.717, 1.165) is 19.4 Å². The number of hydrogen-bond acceptors (Lipinski definition) is 9. The Kier molecular flexibility index (Phi) is 7.20. The second kappa shape index (κ2) is 11.0. The number of nitrogens with zero attached hydrogens (tertiary/aromatic N) is 5. The molecular weight excluding hydrogens is 591 g/mol. The Bertz CT molecular complexity index is 1840. The first-order valence-electron chi connectivity index (χ1n) is 15.1. The van der Waals surface area contributed by atoms with Gasteiger partial charge >= 0.3 is 12.0 Å². The van der Waals surface area contributed by atoms with Gasteiger partial charge in [-0.25, -0.2) is 18.0 Å². The fourth-order valence-corrected chi connectivity index (χ4v) is 7.45. The molecule has 10 nitrogen and oxygen atoms in total. The number of anilines is 1. The topological polar surface area (TPSA) is 132 Å². The summed E-state index contributed by atoms with van der Waals surface area (Å²) in [5.41, 5.74) is -0.494. The number of aromatic hydroxyl groups is 1. The van der Waals surface area contributed by atoms with Crippen molar-refractivity contribution in [1.82, 2.24) is 19.9 Å². The number of aliphatic hydroxyl groups excluding tert-OH is 1. The first kappa shape index (κ1) is 29.5. The van der Waals surface area contributed by atoms with Crippen LogP contribution in [0.5, 0.6) is 11.8 Å². The number of aliphatic hydroxyl groups is 1. The highest BCUT2D eigenvalue weighted by Gasteiger charge is 2.49. The third-order valence-corrected chi connectivity index (χ3v) is 9.47. The average molecular weight is 624 g/mol. The number of carboxylic acids is 1. The zero-order chi connectivity index (χ0) is 31.6. The Hall–Kier alpha value is -4.23. The summed E-state index contributed by atoms with van der Waals surface area (Å²) in [6.07, 6.45) is 1.46. The summed E-state index contributed by atoms with van der Waals surface area (Å²) < 4.78 is 52.1. The summed E-state index contributed by atoms with van der Waals surface area (Å²) in [7, 11) is 0. The van der Waals surface area contributed by atoms with E-state index in [1.54, 1.807) is 6.92 Å². The molecule has 3 fully saturated rings. The van der Waals surface area contributed by atoms with Crippen molar-refractivity contribution in [3.05, 3.63) is 47.7 Å². The minimum Gasteiger partial charge on any atom is -0.508 e. The SMILES string of the molecule is CCc1c(F)ccc2cc(O)cc(-c3ncc4c(N5C[C@H](O)C[C@H]5C(=O)O)nc(OC[C@@]56CCCN5C[C@H](F)C6)nc4c3F)c12. The standard InChI is InChI=1S/C32H32F3N5O5/c1-2-20-23(34)5-4-16-8-18(41)9-21(25(16)20)27-26(35)28-22(12-36-27)29(40-14-19(42)10-24(40)30(43)44)38-31(37-28)45-15-32-6-3-7-39(32)13-17(33)11-32/h4-5,8-9,12,17,19,24,41-42H,2-3,6-7,10-11,13-15H2,1H3,(H,43,44)/t17-,19-,24+,32+/m1/s1. The summed E-state index contributed by atoms with van der Waals surface area (Å²) in [4.78, 5) is 28.8. The highest BCUT2D eigenvalue weighted by Crippen LogP contribution is 2.42. The van der Waals surface area contributed by atoms with Crippen molar-refractivity contribution < 1.29 is 38.0 Å². The number of aliphatic carboxylic acids is 1. The molecule has 236 valence electrons. The summed E-state index contributed by atoms with van der Waals surface area (Å²) in [5.74, 6) is -2.72. The largest absolute Gasteiger partial charge is 0.508 e. The number of benzene rings is 2. The Balaban J connectivity index is 1.40. The van der Waals surface area contributed by atoms with Crippen LogP contribution in [-0.4, -0.2) is 91.2 Å². The number of phenolic OH excluding ortho intramolecular Hbond substituents is 1. The van der Waals surface area contributed by atoms with Gasteiger partial charge in [0.15, 0.2) is 5.82 Å². The number of alkyl halides is 1. The molecule has 2 aromatic heterocycles. The van der Waals surface area contributed by atoms with Crippen LogP contribution in [0.3, 0.4) is 0 Å². The molecule has 13 heteroatoms. The van der Waals surface area contributed by atoms with Crippen LogP contribution in [0.1, 0.15) is 38.2 Å². The lowest BCUT2D eigenvalue weighted by Crippen LogP contribution is -2.43. The molecule has 0 unspecified atom stereocenters. The monoisotopic (exact) mass is 623 g/mol. The van der Waals surface area contributed by atoms with Crippen LogP contribution in [0, 0.1) is 11.6 Å². The third kappa shape index (κ3) is 4.88. The first-order chi connectivity index (χ1) is 21.6. The van der Waals surface area contributed by atoms with E-state index >= 15 is 4.39 Å². The third-order valence-electron chi connectivity index (χ3n) is 9.47. The van der Waals surface area contributed by atoms with Gasteiger partial charge < -0.3 is 25.0 Å². The van der Waals surface area contributed by atoms with E-state index in [9.17, 15) is 28.9 Å². The zero-order valence-corrected chi connectivity index (χ0v) is 24.5. The summed E-state index contributed by atoms with van der Waals surface area (Å²) in [5, 5.41) is 31.8. The average Bonchev–Trinajstić information content (AvgIpc) is 3.67. The first-order valence-corrected chi connectivity index (χ1v) is 15.1. The Morgan fingerprint density at radius 3 is 2.80 bits per heavy atom. The van der Waals surface area contributed by atoms with Gasteiger partial charge in [-0.1, -0.05) is 13.0 Å². The molecule has 3 aliphatic heterocycles. The summed E-state index contributed by atoms with van der Waals surface area (Å²) in [6.45, 7) is 2.79. The van der Waals surface area contributed by atoms with Gasteiger partial charge in [0.2, 0.25) is 0 Å². The van der Waals surface area contributed by atoms with Gasteiger partial charge in [0, 0.05) is 37.7 Å². The molecule has 2 aromatic carbocycles. The van der Waals surface area contributed by atoms with Crippen LogP contribution >= 0.6 is 0 Å². The van der Waals surface area contributed by atoms with Gasteiger partial charge in [-0.2, -0.15) is 9.97 Å². The molecule has 45 heavy (non-hydrogen) atoms. The number of pyridine rings is 1. The van der Waals surface area contributed by atoms with Crippen molar-refractivity contribution in [3.63, 3.8) is 0 Å². The minimum absolute atomic E-state index is 0.0218. The molecule has 3 saturated heterocycles. The molecule has 0 saturated carbocycles. The number of phenols is 1. The number of β-amino-alcohol motifs (C(OH)–C–C–N with tert-alkyl or cyclic N) is 1. The van der Waals surface area contributed by atoms with Crippen LogP contribution in [0.15, 0.2) is 30.5 Å². The van der Waals surface area contributed by atoms with E-state index in [4.69, 9.17) is 4.74 Å². The van der Waals surface area contributed by atoms with Crippen LogP contribution in [0.25, 0.3) is 32.9 Å². The lowest BCUT2D eigenvalue weighted by Gasteiger charge is -2.31. The fourth-order valence-electron chi connectivity index (χ4n) is 7.45. The van der Waals surface area contributed by atoms with Gasteiger partial charge in [-0.05, 0) is 60.3 Å². The molecule has 7 rings (SSSR count). The highest BCUT2D eigenvalue weighted by molar-refractivity contribution is 6.02. The molecule has 4 aromatic rings. The normalized spacial score (nSPS) is 25.0. The zero-order valence-electron chi connectivity index (χ0n) is 24.5. The van der Waals surface area contributed by atoms with Crippen molar-refractivity contribution in [3.8, 4) is 23.0 Å². The second-order valence-corrected chi connectivity index (χ2v) is 12.2. The van der Waals surface area contributed by atoms with E-state index in [1.165, 1.54) is 35.4 Å². The van der Waals surface area contributed by atoms with Gasteiger partial charge in [0.25, 0.3) is 0 Å². The molecular formula is C32H32F3N5O5. The van der Waals surface area contributed by atoms with E-state index < -0.39 is 41.5 Å². The van der Waals surface area contributed by atoms with E-state index in [1.807, 2.05) is 0 Å². The summed E-state index contributed by atoms with van der Waals surface area (Å²) >= 11 is 0. The van der Waals surface area contributed by atoms with Crippen molar-refractivity contribution in [1.29, 1.82) is 0 Å². The molecule has 3 N–H and O–H groups in total. The number of fused-ring (bicyclic) bond motifs is 3. The molecule has 0 spiro atoms. The Morgan fingerprint density at radius 1 is 1.20 bits per heavy atom. The molecule has 3 aliphatic rings. The van der Waals surface area contributed by atoms with Crippen LogP contribution in [-0.2, 0) is 11.2 Å². The Morgan fingerprint density at radius 2 is 2.02 bits per heavy atom. The maximum atomic E-state index is 16.7. The van der Waals surface area contributed by atoms with Crippen LogP contribution in [0.4, 0.5) is 19.0 Å². The maximum Gasteiger partial charge on any atom is 0.326 e. The van der Waals surface area contributed by atoms with E-state index in [0.29, 0.717) is 29.3 Å². The number of rotatable bonds is 7. The Labute approximate surface area is 256 Å². The lowest BCUT2D eigenvalue weighted by atomic mass is 9.94. The number of aryl methyl sites for hydroxylation is 1. The minimum atomic E-state index is -1.19. The quantitative estimate of drug-likeness (QED) is 0.273. The number of carbonyl (C=O) groups is 1. The van der Waals surface area contributed by atoms with Crippen molar-refractivity contribution >= 4 is 33.5 Å². The number of carboxylic acid groups (broad SMARTS) is 1. The number of ether oxygens (including phenoxy) is 1. The van der Waals surface area contributed by atoms with Crippen molar-refractivity contribution in [2.24, 2.45) is 0 Å². The van der Waals surface area contributed by atoms with Gasteiger partial charge in [-0.15, -0.1) is 0 Å². The van der Waals surface area contributed by atoms with Crippen molar-refractivity contribution in [2.45, 2.75) is 62.9 Å². The van der Waals surface area contributed by atoms with Crippen LogP contribution in [0.2, 0.25) is 0 Å². The highest BCUT2D eigenvalue weighted by atomic mass is 19.1. The van der Waals surface area contributed by atoms with Crippen LogP contribution < -0.4 is 9.64 Å². The molecule has 0 aliphatic carbocycles. The predicted octanol–water partition coefficient (Wildman–Crippen LogP) is 4.37. The molecule has 4 atom stereocenters. The molecule has 0 amide bonds. The number of halogens is 3. The fraction of sp³-hybridized carbons (Fsp3) is 0.438. The molecule has 0 bridgehead atoms. The second-order valence-electron chi connectivity index (χ2n) is 12.2. The van der Waals surface area contributed by atoms with Gasteiger partial charge in [-0.3, -0.25) is 9.88 Å². The number of hydrogen-bond donors (Lipinski definition) is 3. The number of aromatic nitrogens is 3. The smallest absolute Gasteiger partial charge is 0.326 e. The maximum absolute atomic E-state index is 16.7. The van der Waals surface area contributed by atoms with E-state index in [2.05, 4.69) is 19.9 Å². The predicted molar refractivity (Wildman–Crippen MR) is 159 cm³/mol. The summed E-state index contributed by atoms with van der Waals surface area (Å²) in [6, 6.07) is 4.19. The molecule has 5 heterocycles. The molecule has 0 radical (unpaired) electrons. The van der Waals surface area contributed by atoms with Gasteiger partial charge in [0.05, 0.1) is 17.0 Å². The lowest BCUT2D eigenvalue weighted by molar-refractivity contribution is -0.138. The van der Waals surface area contributed by atoms with Gasteiger partial charge in [0.1, 0.15) is 47.4 Å².